The van der Waals surface area contributed by atoms with Crippen molar-refractivity contribution in [1.82, 2.24) is 14.5 Å². The van der Waals surface area contributed by atoms with Gasteiger partial charge in [0.15, 0.2) is 0 Å². The largest absolute Gasteiger partial charge is 0.329 e. The lowest BCUT2D eigenvalue weighted by molar-refractivity contribution is 0.245. The van der Waals surface area contributed by atoms with Crippen molar-refractivity contribution in [2.75, 3.05) is 13.1 Å². The summed E-state index contributed by atoms with van der Waals surface area (Å²) in [5.41, 5.74) is 1.09. The normalized spacial score (nSPS) is 19.6. The molecule has 3 nitrogen and oxygen atoms in total. The first-order valence-electron chi connectivity index (χ1n) is 7.29. The van der Waals surface area contributed by atoms with Crippen molar-refractivity contribution in [3.05, 3.63) is 41.7 Å². The van der Waals surface area contributed by atoms with E-state index >= 15 is 0 Å². The highest BCUT2D eigenvalue weighted by Gasteiger charge is 2.23. The topological polar surface area (TPSA) is 21.1 Å². The fourth-order valence-electron chi connectivity index (χ4n) is 3.09. The van der Waals surface area contributed by atoms with Gasteiger partial charge in [-0.2, -0.15) is 0 Å². The van der Waals surface area contributed by atoms with Crippen LogP contribution in [0.4, 0.5) is 0 Å². The molecule has 1 aromatic carbocycles. The van der Waals surface area contributed by atoms with E-state index in [0.29, 0.717) is 6.04 Å². The summed E-state index contributed by atoms with van der Waals surface area (Å²) < 4.78 is 2.25. The van der Waals surface area contributed by atoms with E-state index in [2.05, 4.69) is 33.6 Å². The number of likely N-dealkylation sites (N-methyl/N-ethyl adjacent to an activating group) is 1. The van der Waals surface area contributed by atoms with Crippen LogP contribution in [0.15, 0.2) is 36.7 Å². The summed E-state index contributed by atoms with van der Waals surface area (Å²) in [7, 11) is 0. The molecule has 0 saturated carbocycles. The molecule has 0 aliphatic carbocycles. The number of hydrogen-bond acceptors (Lipinski definition) is 2. The molecular weight excluding hydrogens is 270 g/mol. The number of nitrogens with zero attached hydrogens (tertiary/aromatic N) is 3. The van der Waals surface area contributed by atoms with Crippen molar-refractivity contribution in [3.63, 3.8) is 0 Å². The van der Waals surface area contributed by atoms with Crippen molar-refractivity contribution < 1.29 is 0 Å². The number of imidazole rings is 1. The number of benzene rings is 1. The van der Waals surface area contributed by atoms with E-state index in [4.69, 9.17) is 11.6 Å². The molecular formula is C16H20ClN3. The van der Waals surface area contributed by atoms with Crippen LogP contribution in [0.25, 0.3) is 11.4 Å². The van der Waals surface area contributed by atoms with Crippen LogP contribution in [0.5, 0.6) is 0 Å². The van der Waals surface area contributed by atoms with Gasteiger partial charge < -0.3 is 4.57 Å². The minimum absolute atomic E-state index is 0.632. The monoisotopic (exact) mass is 289 g/mol. The quantitative estimate of drug-likeness (QED) is 0.856. The van der Waals surface area contributed by atoms with Crippen molar-refractivity contribution >= 4 is 11.6 Å². The second-order valence-corrected chi connectivity index (χ2v) is 5.77. The molecule has 0 spiro atoms. The lowest BCUT2D eigenvalue weighted by atomic mass is 10.2. The van der Waals surface area contributed by atoms with Crippen molar-refractivity contribution in [3.8, 4) is 11.4 Å². The summed E-state index contributed by atoms with van der Waals surface area (Å²) in [6, 6.07) is 8.55. The maximum absolute atomic E-state index is 6.08. The number of rotatable bonds is 4. The van der Waals surface area contributed by atoms with E-state index in [9.17, 15) is 0 Å². The summed E-state index contributed by atoms with van der Waals surface area (Å²) in [6.45, 7) is 5.61. The van der Waals surface area contributed by atoms with Crippen LogP contribution in [0, 0.1) is 0 Å². The fourth-order valence-corrected chi connectivity index (χ4v) is 3.28. The summed E-state index contributed by atoms with van der Waals surface area (Å²) in [4.78, 5) is 7.06. The third-order valence-electron chi connectivity index (χ3n) is 4.11. The Morgan fingerprint density at radius 3 is 3.10 bits per heavy atom. The van der Waals surface area contributed by atoms with Gasteiger partial charge in [0.1, 0.15) is 5.82 Å². The first-order chi connectivity index (χ1) is 9.78. The smallest absolute Gasteiger partial charge is 0.139 e. The first kappa shape index (κ1) is 13.7. The summed E-state index contributed by atoms with van der Waals surface area (Å²) >= 11 is 6.08. The van der Waals surface area contributed by atoms with E-state index in [0.717, 1.165) is 29.5 Å². The maximum Gasteiger partial charge on any atom is 0.139 e. The Labute approximate surface area is 125 Å². The zero-order valence-electron chi connectivity index (χ0n) is 11.8. The summed E-state index contributed by atoms with van der Waals surface area (Å²) in [5.74, 6) is 1.01. The molecule has 2 aromatic rings. The average molecular weight is 290 g/mol. The van der Waals surface area contributed by atoms with E-state index in [1.165, 1.54) is 19.4 Å². The summed E-state index contributed by atoms with van der Waals surface area (Å²) in [5, 5.41) is 0.758. The van der Waals surface area contributed by atoms with Crippen LogP contribution >= 0.6 is 11.6 Å². The number of halogens is 1. The SMILES string of the molecule is CCN1CCCC1Cn1ccnc1-c1cccc(Cl)c1. The Morgan fingerprint density at radius 2 is 2.30 bits per heavy atom. The molecule has 2 heterocycles. The highest BCUT2D eigenvalue weighted by Crippen LogP contribution is 2.24. The van der Waals surface area contributed by atoms with Crippen molar-refractivity contribution in [2.24, 2.45) is 0 Å². The summed E-state index contributed by atoms with van der Waals surface area (Å²) in [6.07, 6.45) is 6.53. The average Bonchev–Trinajstić information content (AvgIpc) is 3.08. The van der Waals surface area contributed by atoms with Gasteiger partial charge in [0, 0.05) is 35.6 Å². The molecule has 0 bridgehead atoms. The van der Waals surface area contributed by atoms with Crippen LogP contribution in [0.2, 0.25) is 5.02 Å². The van der Waals surface area contributed by atoms with Crippen molar-refractivity contribution in [2.45, 2.75) is 32.4 Å². The molecule has 0 amide bonds. The predicted octanol–water partition coefficient (Wildman–Crippen LogP) is 3.69. The van der Waals surface area contributed by atoms with Crippen molar-refractivity contribution in [1.29, 1.82) is 0 Å². The molecule has 1 aromatic heterocycles. The molecule has 3 rings (SSSR count). The molecule has 1 fully saturated rings. The van der Waals surface area contributed by atoms with Crippen LogP contribution in [-0.2, 0) is 6.54 Å². The van der Waals surface area contributed by atoms with Crippen LogP contribution < -0.4 is 0 Å². The second kappa shape index (κ2) is 5.98. The predicted molar refractivity (Wildman–Crippen MR) is 82.9 cm³/mol. The Balaban J connectivity index is 1.83. The highest BCUT2D eigenvalue weighted by atomic mass is 35.5. The molecule has 0 N–H and O–H groups in total. The van der Waals surface area contributed by atoms with E-state index in [1.807, 2.05) is 24.4 Å². The molecule has 1 saturated heterocycles. The first-order valence-corrected chi connectivity index (χ1v) is 7.67. The maximum atomic E-state index is 6.08. The van der Waals surface area contributed by atoms with Gasteiger partial charge in [0.2, 0.25) is 0 Å². The van der Waals surface area contributed by atoms with Gasteiger partial charge >= 0.3 is 0 Å². The van der Waals surface area contributed by atoms with Crippen LogP contribution in [-0.4, -0.2) is 33.6 Å². The third-order valence-corrected chi connectivity index (χ3v) is 4.35. The molecule has 106 valence electrons. The van der Waals surface area contributed by atoms with Crippen LogP contribution in [0.3, 0.4) is 0 Å². The Morgan fingerprint density at radius 1 is 1.40 bits per heavy atom. The van der Waals surface area contributed by atoms with Gasteiger partial charge in [0.05, 0.1) is 0 Å². The lowest BCUT2D eigenvalue weighted by Gasteiger charge is -2.23. The Hall–Kier alpha value is -1.32. The van der Waals surface area contributed by atoms with E-state index in [-0.39, 0.29) is 0 Å². The molecule has 20 heavy (non-hydrogen) atoms. The van der Waals surface area contributed by atoms with Gasteiger partial charge in [0.25, 0.3) is 0 Å². The Bertz CT molecular complexity index is 579. The third kappa shape index (κ3) is 2.74. The lowest BCUT2D eigenvalue weighted by Crippen LogP contribution is -2.32. The van der Waals surface area contributed by atoms with Gasteiger partial charge in [-0.05, 0) is 38.1 Å². The van der Waals surface area contributed by atoms with Gasteiger partial charge in [-0.3, -0.25) is 4.90 Å². The zero-order chi connectivity index (χ0) is 13.9. The number of likely N-dealkylation sites (tertiary alicyclic amines) is 1. The molecule has 4 heteroatoms. The standard InChI is InChI=1S/C16H20ClN3/c1-2-19-9-4-7-15(19)12-20-10-8-18-16(20)13-5-3-6-14(17)11-13/h3,5-6,8,10-11,15H,2,4,7,9,12H2,1H3. The minimum atomic E-state index is 0.632. The second-order valence-electron chi connectivity index (χ2n) is 5.34. The molecule has 1 aliphatic heterocycles. The minimum Gasteiger partial charge on any atom is -0.329 e. The van der Waals surface area contributed by atoms with Gasteiger partial charge in [-0.25, -0.2) is 4.98 Å². The molecule has 0 radical (unpaired) electrons. The van der Waals surface area contributed by atoms with Gasteiger partial charge in [-0.15, -0.1) is 0 Å². The molecule has 1 aliphatic rings. The highest BCUT2D eigenvalue weighted by molar-refractivity contribution is 6.30. The number of aromatic nitrogens is 2. The molecule has 1 atom stereocenters. The fraction of sp³-hybridized carbons (Fsp3) is 0.438. The van der Waals surface area contributed by atoms with Gasteiger partial charge in [-0.1, -0.05) is 30.7 Å². The van der Waals surface area contributed by atoms with E-state index in [1.54, 1.807) is 0 Å². The molecule has 1 unspecified atom stereocenters. The van der Waals surface area contributed by atoms with E-state index < -0.39 is 0 Å². The Kier molecular flexibility index (Phi) is 4.08. The van der Waals surface area contributed by atoms with Crippen LogP contribution in [0.1, 0.15) is 19.8 Å². The zero-order valence-corrected chi connectivity index (χ0v) is 12.6. The number of hydrogen-bond donors (Lipinski definition) is 0.